The number of carbonyl (C=O) groups excluding carboxylic acids is 1. The van der Waals surface area contributed by atoms with Gasteiger partial charge in [-0.1, -0.05) is 54.6 Å². The second-order valence-corrected chi connectivity index (χ2v) is 8.55. The fourth-order valence-corrected chi connectivity index (χ4v) is 4.28. The smallest absolute Gasteiger partial charge is 0.305 e. The number of anilines is 2. The van der Waals surface area contributed by atoms with Gasteiger partial charge in [-0.25, -0.2) is 9.97 Å². The van der Waals surface area contributed by atoms with E-state index >= 15 is 0 Å². The highest BCUT2D eigenvalue weighted by Gasteiger charge is 2.22. The number of benzene rings is 3. The highest BCUT2D eigenvalue weighted by Crippen LogP contribution is 2.43. The standard InChI is InChI=1S/C30H27N3O4/c1-35-24-17-13-21(14-18-24)26-27-29(31-19-32-30(27)37-28(26)22-8-4-3-5-9-22)33-23-15-11-20(12-16-23)7-6-10-25(34)36-2/h3-5,8-9,11-19H,6-7,10H2,1-2H3,(H,31,32,33). The molecule has 0 radical (unpaired) electrons. The lowest BCUT2D eigenvalue weighted by Crippen LogP contribution is -2.00. The summed E-state index contributed by atoms with van der Waals surface area (Å²) in [6, 6.07) is 26.0. The van der Waals surface area contributed by atoms with Crippen LogP contribution in [-0.2, 0) is 16.0 Å². The van der Waals surface area contributed by atoms with Gasteiger partial charge in [0.25, 0.3) is 0 Å². The summed E-state index contributed by atoms with van der Waals surface area (Å²) < 4.78 is 16.4. The quantitative estimate of drug-likeness (QED) is 0.226. The Morgan fingerprint density at radius 1 is 0.892 bits per heavy atom. The van der Waals surface area contributed by atoms with Gasteiger partial charge in [0, 0.05) is 23.2 Å². The number of nitrogens with zero attached hydrogens (tertiary/aromatic N) is 2. The Hall–Kier alpha value is -4.65. The molecular formula is C30H27N3O4. The minimum absolute atomic E-state index is 0.186. The number of ether oxygens (including phenoxy) is 2. The summed E-state index contributed by atoms with van der Waals surface area (Å²) in [5.74, 6) is 1.97. The summed E-state index contributed by atoms with van der Waals surface area (Å²) in [6.07, 6.45) is 3.46. The van der Waals surface area contributed by atoms with Gasteiger partial charge in [0.2, 0.25) is 5.71 Å². The number of esters is 1. The van der Waals surface area contributed by atoms with Gasteiger partial charge in [0.05, 0.1) is 19.6 Å². The van der Waals surface area contributed by atoms with Crippen LogP contribution in [0.1, 0.15) is 18.4 Å². The molecule has 7 nitrogen and oxygen atoms in total. The lowest BCUT2D eigenvalue weighted by molar-refractivity contribution is -0.140. The van der Waals surface area contributed by atoms with Crippen LogP contribution in [0.4, 0.5) is 11.5 Å². The molecule has 2 aromatic heterocycles. The highest BCUT2D eigenvalue weighted by molar-refractivity contribution is 6.06. The first-order valence-corrected chi connectivity index (χ1v) is 12.1. The Labute approximate surface area is 215 Å². The normalized spacial score (nSPS) is 10.9. The van der Waals surface area contributed by atoms with Crippen molar-refractivity contribution in [1.29, 1.82) is 0 Å². The summed E-state index contributed by atoms with van der Waals surface area (Å²) in [5.41, 5.74) is 5.37. The van der Waals surface area contributed by atoms with Gasteiger partial charge < -0.3 is 19.2 Å². The fraction of sp³-hybridized carbons (Fsp3) is 0.167. The van der Waals surface area contributed by atoms with Crippen LogP contribution in [0.2, 0.25) is 0 Å². The van der Waals surface area contributed by atoms with Crippen LogP contribution in [0.3, 0.4) is 0 Å². The molecule has 0 spiro atoms. The van der Waals surface area contributed by atoms with Crippen LogP contribution in [0.5, 0.6) is 5.75 Å². The predicted molar refractivity (Wildman–Crippen MR) is 144 cm³/mol. The molecule has 7 heteroatoms. The Kier molecular flexibility index (Phi) is 7.12. The van der Waals surface area contributed by atoms with E-state index in [0.717, 1.165) is 57.7 Å². The first kappa shape index (κ1) is 24.1. The maximum atomic E-state index is 11.4. The van der Waals surface area contributed by atoms with Crippen molar-refractivity contribution in [1.82, 2.24) is 9.97 Å². The maximum absolute atomic E-state index is 11.4. The molecule has 1 N–H and O–H groups in total. The number of carbonyl (C=O) groups is 1. The molecule has 0 amide bonds. The number of nitrogens with one attached hydrogen (secondary N) is 1. The van der Waals surface area contributed by atoms with Crippen LogP contribution in [0.25, 0.3) is 33.6 Å². The zero-order valence-electron chi connectivity index (χ0n) is 20.7. The molecule has 0 aliphatic heterocycles. The summed E-state index contributed by atoms with van der Waals surface area (Å²) in [6.45, 7) is 0. The summed E-state index contributed by atoms with van der Waals surface area (Å²) >= 11 is 0. The SMILES string of the molecule is COC(=O)CCCc1ccc(Nc2ncnc3oc(-c4ccccc4)c(-c4ccc(OC)cc4)c23)cc1. The van der Waals surface area contributed by atoms with Crippen molar-refractivity contribution in [3.8, 4) is 28.2 Å². The van der Waals surface area contributed by atoms with Crippen molar-refractivity contribution in [3.63, 3.8) is 0 Å². The Balaban J connectivity index is 1.51. The predicted octanol–water partition coefficient (Wildman–Crippen LogP) is 6.80. The third-order valence-corrected chi connectivity index (χ3v) is 6.19. The van der Waals surface area contributed by atoms with E-state index in [9.17, 15) is 4.79 Å². The average molecular weight is 494 g/mol. The van der Waals surface area contributed by atoms with E-state index in [1.165, 1.54) is 13.4 Å². The van der Waals surface area contributed by atoms with Gasteiger partial charge in [0.15, 0.2) is 0 Å². The van der Waals surface area contributed by atoms with E-state index in [-0.39, 0.29) is 5.97 Å². The minimum Gasteiger partial charge on any atom is -0.497 e. The minimum atomic E-state index is -0.186. The third-order valence-electron chi connectivity index (χ3n) is 6.19. The van der Waals surface area contributed by atoms with E-state index in [2.05, 4.69) is 15.3 Å². The molecular weight excluding hydrogens is 466 g/mol. The number of aryl methyl sites for hydroxylation is 1. The van der Waals surface area contributed by atoms with Crippen molar-refractivity contribution in [2.24, 2.45) is 0 Å². The fourth-order valence-electron chi connectivity index (χ4n) is 4.28. The van der Waals surface area contributed by atoms with Gasteiger partial charge in [-0.05, 0) is 48.2 Å². The van der Waals surface area contributed by atoms with E-state index in [0.29, 0.717) is 18.0 Å². The third kappa shape index (κ3) is 5.30. The number of hydrogen-bond acceptors (Lipinski definition) is 7. The number of hydrogen-bond donors (Lipinski definition) is 1. The number of aromatic nitrogens is 2. The van der Waals surface area contributed by atoms with Crippen molar-refractivity contribution < 1.29 is 18.7 Å². The molecule has 3 aromatic carbocycles. The molecule has 0 bridgehead atoms. The number of furan rings is 1. The maximum Gasteiger partial charge on any atom is 0.305 e. The van der Waals surface area contributed by atoms with E-state index < -0.39 is 0 Å². The summed E-state index contributed by atoms with van der Waals surface area (Å²) in [4.78, 5) is 20.4. The zero-order valence-corrected chi connectivity index (χ0v) is 20.7. The number of fused-ring (bicyclic) bond motifs is 1. The lowest BCUT2D eigenvalue weighted by Gasteiger charge is -2.10. The Morgan fingerprint density at radius 3 is 2.35 bits per heavy atom. The van der Waals surface area contributed by atoms with Gasteiger partial charge in [0.1, 0.15) is 23.7 Å². The van der Waals surface area contributed by atoms with Crippen molar-refractivity contribution in [2.75, 3.05) is 19.5 Å². The molecule has 0 aliphatic rings. The molecule has 0 unspecified atom stereocenters. The molecule has 0 aliphatic carbocycles. The van der Waals surface area contributed by atoms with E-state index in [1.807, 2.05) is 78.9 Å². The van der Waals surface area contributed by atoms with Crippen LogP contribution in [0, 0.1) is 0 Å². The molecule has 0 saturated heterocycles. The van der Waals surface area contributed by atoms with Crippen LogP contribution in [0.15, 0.2) is 89.6 Å². The molecule has 5 aromatic rings. The van der Waals surface area contributed by atoms with Crippen LogP contribution in [-0.4, -0.2) is 30.2 Å². The van der Waals surface area contributed by atoms with Gasteiger partial charge in [-0.15, -0.1) is 0 Å². The molecule has 0 fully saturated rings. The van der Waals surface area contributed by atoms with Crippen LogP contribution >= 0.6 is 0 Å². The topological polar surface area (TPSA) is 86.5 Å². The Bertz CT molecular complexity index is 1490. The largest absolute Gasteiger partial charge is 0.497 e. The van der Waals surface area contributed by atoms with Gasteiger partial charge in [-0.3, -0.25) is 4.79 Å². The zero-order chi connectivity index (χ0) is 25.6. The lowest BCUT2D eigenvalue weighted by atomic mass is 9.99. The molecule has 0 atom stereocenters. The molecule has 2 heterocycles. The second kappa shape index (κ2) is 11.0. The highest BCUT2D eigenvalue weighted by atomic mass is 16.5. The van der Waals surface area contributed by atoms with Gasteiger partial charge >= 0.3 is 5.97 Å². The van der Waals surface area contributed by atoms with Crippen molar-refractivity contribution in [2.45, 2.75) is 19.3 Å². The van der Waals surface area contributed by atoms with E-state index in [4.69, 9.17) is 13.9 Å². The molecule has 37 heavy (non-hydrogen) atoms. The first-order chi connectivity index (χ1) is 18.2. The monoisotopic (exact) mass is 493 g/mol. The first-order valence-electron chi connectivity index (χ1n) is 12.1. The summed E-state index contributed by atoms with van der Waals surface area (Å²) in [5, 5.41) is 4.24. The number of methoxy groups -OCH3 is 2. The van der Waals surface area contributed by atoms with Crippen molar-refractivity contribution >= 4 is 28.6 Å². The molecule has 5 rings (SSSR count). The molecule has 186 valence electrons. The second-order valence-electron chi connectivity index (χ2n) is 8.55. The summed E-state index contributed by atoms with van der Waals surface area (Å²) in [7, 11) is 3.06. The average Bonchev–Trinajstić information content (AvgIpc) is 3.35. The van der Waals surface area contributed by atoms with Crippen molar-refractivity contribution in [3.05, 3.63) is 90.8 Å². The number of rotatable bonds is 9. The van der Waals surface area contributed by atoms with Crippen LogP contribution < -0.4 is 10.1 Å². The van der Waals surface area contributed by atoms with E-state index in [1.54, 1.807) is 7.11 Å². The molecule has 0 saturated carbocycles. The van der Waals surface area contributed by atoms with Gasteiger partial charge in [-0.2, -0.15) is 0 Å². The Morgan fingerprint density at radius 2 is 1.65 bits per heavy atom.